The van der Waals surface area contributed by atoms with Gasteiger partial charge in [0.2, 0.25) is 12.3 Å². The van der Waals surface area contributed by atoms with Gasteiger partial charge in [-0.3, -0.25) is 4.79 Å². The van der Waals surface area contributed by atoms with Gasteiger partial charge in [0.25, 0.3) is 0 Å². The highest BCUT2D eigenvalue weighted by molar-refractivity contribution is 9.11. The second kappa shape index (κ2) is 7.31. The predicted octanol–water partition coefficient (Wildman–Crippen LogP) is 0.694. The van der Waals surface area contributed by atoms with Crippen LogP contribution in [-0.4, -0.2) is 5.78 Å². The van der Waals surface area contributed by atoms with Crippen LogP contribution in [0.5, 0.6) is 0 Å². The molecule has 5 heteroatoms. The van der Waals surface area contributed by atoms with Crippen molar-refractivity contribution in [3.8, 4) is 0 Å². The summed E-state index contributed by atoms with van der Waals surface area (Å²) in [5.74, 6) is 0.0938. The molecule has 0 aliphatic heterocycles. The third kappa shape index (κ3) is 4.51. The van der Waals surface area contributed by atoms with Crippen LogP contribution in [0, 0.1) is 6.92 Å². The summed E-state index contributed by atoms with van der Waals surface area (Å²) in [6, 6.07) is 11.5. The molecule has 0 N–H and O–H groups in total. The zero-order valence-corrected chi connectivity index (χ0v) is 15.0. The standard InChI is InChI=1S/C14H12Br2NO.BrH/c1-10-4-2-3-5-17(10)9-14(18)11-6-12(15)8-13(16)7-11;/h2-8H,9H2,1H3;1H/q+1;/p-1. The Morgan fingerprint density at radius 2 is 1.79 bits per heavy atom. The van der Waals surface area contributed by atoms with Crippen LogP contribution in [-0.2, 0) is 6.54 Å². The van der Waals surface area contributed by atoms with Gasteiger partial charge in [0.15, 0.2) is 11.9 Å². The van der Waals surface area contributed by atoms with Crippen molar-refractivity contribution in [2.75, 3.05) is 0 Å². The molecule has 2 aromatic rings. The van der Waals surface area contributed by atoms with Crippen molar-refractivity contribution in [3.63, 3.8) is 0 Å². The molecule has 100 valence electrons. The Balaban J connectivity index is 0.00000180. The number of nitrogens with zero attached hydrogens (tertiary/aromatic N) is 1. The normalized spacial score (nSPS) is 9.84. The predicted molar refractivity (Wildman–Crippen MR) is 77.5 cm³/mol. The second-order valence-electron chi connectivity index (χ2n) is 4.05. The fourth-order valence-electron chi connectivity index (χ4n) is 1.70. The number of aryl methyl sites for hydroxylation is 1. The Labute approximate surface area is 139 Å². The number of aromatic nitrogens is 1. The number of benzene rings is 1. The van der Waals surface area contributed by atoms with Crippen molar-refractivity contribution in [2.45, 2.75) is 13.5 Å². The first kappa shape index (κ1) is 16.5. The Kier molecular flexibility index (Phi) is 6.36. The lowest BCUT2D eigenvalue weighted by molar-refractivity contribution is -0.689. The zero-order valence-electron chi connectivity index (χ0n) is 10.2. The van der Waals surface area contributed by atoms with E-state index in [0.717, 1.165) is 14.6 Å². The summed E-state index contributed by atoms with van der Waals surface area (Å²) in [5.41, 5.74) is 1.77. The van der Waals surface area contributed by atoms with Crippen molar-refractivity contribution in [1.82, 2.24) is 0 Å². The number of halogens is 3. The van der Waals surface area contributed by atoms with Crippen LogP contribution in [0.2, 0.25) is 0 Å². The number of carbonyl (C=O) groups is 1. The smallest absolute Gasteiger partial charge is 0.227 e. The molecule has 0 bridgehead atoms. The van der Waals surface area contributed by atoms with Gasteiger partial charge < -0.3 is 17.0 Å². The first-order valence-electron chi connectivity index (χ1n) is 5.50. The monoisotopic (exact) mass is 447 g/mol. The maximum atomic E-state index is 12.2. The van der Waals surface area contributed by atoms with Crippen molar-refractivity contribution >= 4 is 37.6 Å². The molecule has 0 aliphatic carbocycles. The lowest BCUT2D eigenvalue weighted by Gasteiger charge is -2.02. The number of hydrogen-bond acceptors (Lipinski definition) is 1. The lowest BCUT2D eigenvalue weighted by Crippen LogP contribution is -3.00. The van der Waals surface area contributed by atoms with E-state index < -0.39 is 0 Å². The van der Waals surface area contributed by atoms with Gasteiger partial charge in [-0.1, -0.05) is 37.9 Å². The lowest BCUT2D eigenvalue weighted by atomic mass is 10.1. The average molecular weight is 450 g/mol. The number of Topliss-reactive ketones (excluding diaryl/α,β-unsaturated/α-hetero) is 1. The van der Waals surface area contributed by atoms with Gasteiger partial charge in [0.1, 0.15) is 0 Å². The third-order valence-corrected chi connectivity index (χ3v) is 3.58. The molecule has 1 aromatic carbocycles. The van der Waals surface area contributed by atoms with Crippen LogP contribution >= 0.6 is 31.9 Å². The highest BCUT2D eigenvalue weighted by Gasteiger charge is 2.14. The van der Waals surface area contributed by atoms with Crippen LogP contribution in [0.25, 0.3) is 0 Å². The molecule has 2 nitrogen and oxygen atoms in total. The Morgan fingerprint density at radius 3 is 2.37 bits per heavy atom. The van der Waals surface area contributed by atoms with Gasteiger partial charge in [0, 0.05) is 33.6 Å². The first-order valence-corrected chi connectivity index (χ1v) is 7.09. The van der Waals surface area contributed by atoms with Crippen LogP contribution in [0.4, 0.5) is 0 Å². The van der Waals surface area contributed by atoms with Crippen LogP contribution < -0.4 is 21.5 Å². The molecule has 2 rings (SSSR count). The quantitative estimate of drug-likeness (QED) is 0.499. The summed E-state index contributed by atoms with van der Waals surface area (Å²) in [7, 11) is 0. The first-order chi connectivity index (χ1) is 8.56. The number of pyridine rings is 1. The summed E-state index contributed by atoms with van der Waals surface area (Å²) >= 11 is 6.78. The van der Waals surface area contributed by atoms with Crippen LogP contribution in [0.15, 0.2) is 51.5 Å². The molecule has 0 saturated carbocycles. The number of rotatable bonds is 3. The topological polar surface area (TPSA) is 20.9 Å². The van der Waals surface area contributed by atoms with Crippen LogP contribution in [0.3, 0.4) is 0 Å². The van der Waals surface area contributed by atoms with E-state index >= 15 is 0 Å². The largest absolute Gasteiger partial charge is 1.00 e. The van der Waals surface area contributed by atoms with E-state index in [1.54, 1.807) is 0 Å². The maximum absolute atomic E-state index is 12.2. The number of hydrogen-bond donors (Lipinski definition) is 0. The summed E-state index contributed by atoms with van der Waals surface area (Å²) in [5, 5.41) is 0. The van der Waals surface area contributed by atoms with Gasteiger partial charge in [0.05, 0.1) is 0 Å². The summed E-state index contributed by atoms with van der Waals surface area (Å²) in [6.07, 6.45) is 1.92. The highest BCUT2D eigenvalue weighted by atomic mass is 79.9. The fraction of sp³-hybridized carbons (Fsp3) is 0.143. The van der Waals surface area contributed by atoms with E-state index in [2.05, 4.69) is 31.9 Å². The van der Waals surface area contributed by atoms with Gasteiger partial charge in [-0.25, -0.2) is 0 Å². The molecular weight excluding hydrogens is 438 g/mol. The summed E-state index contributed by atoms with van der Waals surface area (Å²) in [6.45, 7) is 2.35. The van der Waals surface area contributed by atoms with E-state index in [1.807, 2.05) is 54.1 Å². The van der Waals surface area contributed by atoms with E-state index in [-0.39, 0.29) is 22.8 Å². The molecule has 0 unspecified atom stereocenters. The van der Waals surface area contributed by atoms with E-state index in [0.29, 0.717) is 12.1 Å². The zero-order chi connectivity index (χ0) is 13.1. The minimum atomic E-state index is 0. The Morgan fingerprint density at radius 1 is 1.16 bits per heavy atom. The molecule has 0 radical (unpaired) electrons. The van der Waals surface area contributed by atoms with Gasteiger partial charge >= 0.3 is 0 Å². The molecular formula is C14H12Br3NO. The average Bonchev–Trinajstić information content (AvgIpc) is 2.31. The van der Waals surface area contributed by atoms with Gasteiger partial charge in [-0.05, 0) is 18.2 Å². The minimum Gasteiger partial charge on any atom is -1.00 e. The van der Waals surface area contributed by atoms with E-state index in [1.165, 1.54) is 0 Å². The van der Waals surface area contributed by atoms with E-state index in [9.17, 15) is 4.79 Å². The molecule has 1 heterocycles. The molecule has 0 amide bonds. The molecule has 0 fully saturated rings. The van der Waals surface area contributed by atoms with Crippen LogP contribution in [0.1, 0.15) is 16.1 Å². The molecule has 1 aromatic heterocycles. The van der Waals surface area contributed by atoms with Crippen molar-refractivity contribution in [2.24, 2.45) is 0 Å². The SMILES string of the molecule is Cc1cccc[n+]1CC(=O)c1cc(Br)cc(Br)c1.[Br-]. The van der Waals surface area contributed by atoms with Crippen molar-refractivity contribution in [3.05, 3.63) is 62.8 Å². The molecule has 0 atom stereocenters. The fourth-order valence-corrected chi connectivity index (χ4v) is 2.99. The molecule has 0 aliphatic rings. The Bertz CT molecular complexity index is 579. The number of carbonyl (C=O) groups excluding carboxylic acids is 1. The molecule has 0 spiro atoms. The van der Waals surface area contributed by atoms with Gasteiger partial charge in [-0.2, -0.15) is 4.57 Å². The molecule has 0 saturated heterocycles. The maximum Gasteiger partial charge on any atom is 0.227 e. The number of ketones is 1. The summed E-state index contributed by atoms with van der Waals surface area (Å²) < 4.78 is 3.74. The minimum absolute atomic E-state index is 0. The van der Waals surface area contributed by atoms with Crippen molar-refractivity contribution < 1.29 is 26.3 Å². The molecule has 19 heavy (non-hydrogen) atoms. The van der Waals surface area contributed by atoms with Gasteiger partial charge in [-0.15, -0.1) is 0 Å². The van der Waals surface area contributed by atoms with Crippen molar-refractivity contribution in [1.29, 1.82) is 0 Å². The second-order valence-corrected chi connectivity index (χ2v) is 5.88. The third-order valence-electron chi connectivity index (χ3n) is 2.67. The Hall–Kier alpha value is -0.520. The highest BCUT2D eigenvalue weighted by Crippen LogP contribution is 2.20. The van der Waals surface area contributed by atoms with E-state index in [4.69, 9.17) is 0 Å². The summed E-state index contributed by atoms with van der Waals surface area (Å²) in [4.78, 5) is 12.2.